The zero-order chi connectivity index (χ0) is 14.8. The molecule has 20 heavy (non-hydrogen) atoms. The number of aromatic nitrogens is 1. The molecule has 0 saturated carbocycles. The van der Waals surface area contributed by atoms with Crippen LogP contribution in [0.2, 0.25) is 0 Å². The second-order valence-corrected chi connectivity index (χ2v) is 4.89. The Labute approximate surface area is 115 Å². The van der Waals surface area contributed by atoms with Crippen molar-refractivity contribution in [2.75, 3.05) is 26.7 Å². The van der Waals surface area contributed by atoms with Gasteiger partial charge in [-0.3, -0.25) is 9.78 Å². The number of nitrogens with zero attached hydrogens (tertiary/aromatic N) is 2. The summed E-state index contributed by atoms with van der Waals surface area (Å²) in [6, 6.07) is 2.03. The summed E-state index contributed by atoms with van der Waals surface area (Å²) >= 11 is 0. The minimum absolute atomic E-state index is 0.0584. The van der Waals surface area contributed by atoms with Gasteiger partial charge in [0.15, 0.2) is 0 Å². The van der Waals surface area contributed by atoms with E-state index in [1.807, 2.05) is 7.05 Å². The van der Waals surface area contributed by atoms with Crippen LogP contribution in [-0.4, -0.2) is 42.5 Å². The molecule has 1 aliphatic heterocycles. The van der Waals surface area contributed by atoms with Crippen LogP contribution in [0.4, 0.5) is 13.2 Å². The number of hydrogen-bond acceptors (Lipinski definition) is 3. The molecule has 0 radical (unpaired) electrons. The molecule has 2 rings (SSSR count). The van der Waals surface area contributed by atoms with Gasteiger partial charge in [0.25, 0.3) is 5.91 Å². The van der Waals surface area contributed by atoms with Crippen molar-refractivity contribution in [2.45, 2.75) is 12.6 Å². The molecule has 1 saturated heterocycles. The fraction of sp³-hybridized carbons (Fsp3) is 0.538. The van der Waals surface area contributed by atoms with E-state index in [1.165, 1.54) is 0 Å². The Morgan fingerprint density at radius 1 is 1.50 bits per heavy atom. The van der Waals surface area contributed by atoms with Crippen molar-refractivity contribution in [2.24, 2.45) is 5.92 Å². The maximum atomic E-state index is 12.4. The average Bonchev–Trinajstić information content (AvgIpc) is 2.86. The third kappa shape index (κ3) is 3.27. The van der Waals surface area contributed by atoms with Crippen LogP contribution in [-0.2, 0) is 6.18 Å². The van der Waals surface area contributed by atoms with Crippen molar-refractivity contribution in [3.05, 3.63) is 29.6 Å². The van der Waals surface area contributed by atoms with Crippen LogP contribution in [0.15, 0.2) is 18.3 Å². The van der Waals surface area contributed by atoms with Gasteiger partial charge in [0, 0.05) is 19.3 Å². The van der Waals surface area contributed by atoms with Crippen molar-refractivity contribution in [3.63, 3.8) is 0 Å². The van der Waals surface area contributed by atoms with Crippen molar-refractivity contribution >= 4 is 5.91 Å². The van der Waals surface area contributed by atoms with E-state index in [0.29, 0.717) is 25.2 Å². The molecular weight excluding hydrogens is 271 g/mol. The van der Waals surface area contributed by atoms with Gasteiger partial charge in [0.1, 0.15) is 5.69 Å². The average molecular weight is 287 g/mol. The fourth-order valence-corrected chi connectivity index (χ4v) is 2.32. The summed E-state index contributed by atoms with van der Waals surface area (Å²) in [5.74, 6) is 0.0794. The second kappa shape index (κ2) is 5.78. The van der Waals surface area contributed by atoms with Crippen molar-refractivity contribution in [3.8, 4) is 0 Å². The molecule has 1 fully saturated rings. The summed E-state index contributed by atoms with van der Waals surface area (Å²) in [4.78, 5) is 17.4. The summed E-state index contributed by atoms with van der Waals surface area (Å²) in [6.45, 7) is 2.06. The third-order valence-electron chi connectivity index (χ3n) is 3.38. The molecule has 110 valence electrons. The molecule has 1 aromatic heterocycles. The van der Waals surface area contributed by atoms with Gasteiger partial charge in [-0.1, -0.05) is 0 Å². The molecule has 1 N–H and O–H groups in total. The lowest BCUT2D eigenvalue weighted by Gasteiger charge is -2.16. The molecule has 0 aliphatic carbocycles. The topological polar surface area (TPSA) is 45.2 Å². The highest BCUT2D eigenvalue weighted by atomic mass is 19.4. The quantitative estimate of drug-likeness (QED) is 0.921. The molecule has 1 aromatic rings. The summed E-state index contributed by atoms with van der Waals surface area (Å²) < 4.78 is 37.2. The molecule has 0 aromatic carbocycles. The smallest absolute Gasteiger partial charge is 0.337 e. The normalized spacial score (nSPS) is 19.4. The number of nitrogens with one attached hydrogen (secondary N) is 1. The lowest BCUT2D eigenvalue weighted by Crippen LogP contribution is -2.31. The lowest BCUT2D eigenvalue weighted by atomic mass is 10.1. The summed E-state index contributed by atoms with van der Waals surface area (Å²) in [5.41, 5.74) is -0.786. The number of rotatable bonds is 3. The first kappa shape index (κ1) is 14.8. The number of amides is 1. The highest BCUT2D eigenvalue weighted by Gasteiger charge is 2.32. The van der Waals surface area contributed by atoms with Gasteiger partial charge in [0.05, 0.1) is 5.56 Å². The molecule has 0 bridgehead atoms. The van der Waals surface area contributed by atoms with Crippen LogP contribution in [0.5, 0.6) is 0 Å². The van der Waals surface area contributed by atoms with E-state index in [4.69, 9.17) is 0 Å². The molecule has 1 amide bonds. The number of carbonyl (C=O) groups excluding carboxylic acids is 1. The van der Waals surface area contributed by atoms with Crippen LogP contribution >= 0.6 is 0 Å². The zero-order valence-corrected chi connectivity index (χ0v) is 11.1. The van der Waals surface area contributed by atoms with Gasteiger partial charge in [-0.15, -0.1) is 0 Å². The first-order valence-corrected chi connectivity index (χ1v) is 6.39. The number of halogens is 3. The van der Waals surface area contributed by atoms with Gasteiger partial charge >= 0.3 is 6.18 Å². The van der Waals surface area contributed by atoms with E-state index in [1.54, 1.807) is 4.90 Å². The van der Waals surface area contributed by atoms with Gasteiger partial charge < -0.3 is 10.2 Å². The molecule has 2 heterocycles. The molecule has 1 unspecified atom stereocenters. The highest BCUT2D eigenvalue weighted by Crippen LogP contribution is 2.28. The van der Waals surface area contributed by atoms with Crippen LogP contribution in [0, 0.1) is 5.92 Å². The Hall–Kier alpha value is -1.63. The number of alkyl halides is 3. The van der Waals surface area contributed by atoms with Gasteiger partial charge in [0.2, 0.25) is 0 Å². The predicted molar refractivity (Wildman–Crippen MR) is 67.2 cm³/mol. The predicted octanol–water partition coefficient (Wildman–Crippen LogP) is 1.78. The minimum atomic E-state index is -4.43. The standard InChI is InChI=1S/C13H16F3N3O/c1-17-6-9-4-5-19(8-9)12(20)11-3-2-10(7-18-11)13(14,15)16/h2-3,7,9,17H,4-6,8H2,1H3. The van der Waals surface area contributed by atoms with Gasteiger partial charge in [-0.2, -0.15) is 13.2 Å². The second-order valence-electron chi connectivity index (χ2n) is 4.89. The van der Waals surface area contributed by atoms with E-state index in [9.17, 15) is 18.0 Å². The van der Waals surface area contributed by atoms with Crippen LogP contribution < -0.4 is 5.32 Å². The molecule has 1 aliphatic rings. The molecule has 1 atom stereocenters. The maximum absolute atomic E-state index is 12.4. The summed E-state index contributed by atoms with van der Waals surface area (Å²) in [7, 11) is 1.85. The molecular formula is C13H16F3N3O. The first-order chi connectivity index (χ1) is 9.41. The lowest BCUT2D eigenvalue weighted by molar-refractivity contribution is -0.137. The zero-order valence-electron chi connectivity index (χ0n) is 11.1. The van der Waals surface area contributed by atoms with Crippen LogP contribution in [0.3, 0.4) is 0 Å². The SMILES string of the molecule is CNCC1CCN(C(=O)c2ccc(C(F)(F)F)cn2)C1. The highest BCUT2D eigenvalue weighted by molar-refractivity contribution is 5.92. The van der Waals surface area contributed by atoms with E-state index < -0.39 is 11.7 Å². The molecule has 0 spiro atoms. The molecule has 4 nitrogen and oxygen atoms in total. The van der Waals surface area contributed by atoms with E-state index >= 15 is 0 Å². The van der Waals surface area contributed by atoms with Crippen LogP contribution in [0.1, 0.15) is 22.5 Å². The summed E-state index contributed by atoms with van der Waals surface area (Å²) in [5, 5.41) is 3.05. The van der Waals surface area contributed by atoms with E-state index in [2.05, 4.69) is 10.3 Å². The van der Waals surface area contributed by atoms with E-state index in [0.717, 1.165) is 25.1 Å². The Morgan fingerprint density at radius 3 is 2.80 bits per heavy atom. The van der Waals surface area contributed by atoms with Crippen molar-refractivity contribution in [1.82, 2.24) is 15.2 Å². The van der Waals surface area contributed by atoms with Crippen molar-refractivity contribution < 1.29 is 18.0 Å². The Morgan fingerprint density at radius 2 is 2.25 bits per heavy atom. The fourth-order valence-electron chi connectivity index (χ4n) is 2.32. The third-order valence-corrected chi connectivity index (χ3v) is 3.38. The Balaban J connectivity index is 2.03. The number of pyridine rings is 1. The monoisotopic (exact) mass is 287 g/mol. The minimum Gasteiger partial charge on any atom is -0.337 e. The summed E-state index contributed by atoms with van der Waals surface area (Å²) in [6.07, 6.45) is -2.83. The Bertz CT molecular complexity index is 473. The molecule has 7 heteroatoms. The van der Waals surface area contributed by atoms with Crippen molar-refractivity contribution in [1.29, 1.82) is 0 Å². The maximum Gasteiger partial charge on any atom is 0.417 e. The van der Waals surface area contributed by atoms with Crippen LogP contribution in [0.25, 0.3) is 0 Å². The largest absolute Gasteiger partial charge is 0.417 e. The number of likely N-dealkylation sites (tertiary alicyclic amines) is 1. The number of hydrogen-bond donors (Lipinski definition) is 1. The first-order valence-electron chi connectivity index (χ1n) is 6.39. The Kier molecular flexibility index (Phi) is 4.27. The van der Waals surface area contributed by atoms with Gasteiger partial charge in [-0.05, 0) is 38.1 Å². The number of carbonyl (C=O) groups is 1. The van der Waals surface area contributed by atoms with Gasteiger partial charge in [-0.25, -0.2) is 0 Å². The van der Waals surface area contributed by atoms with E-state index in [-0.39, 0.29) is 11.6 Å².